The van der Waals surface area contributed by atoms with E-state index in [-0.39, 0.29) is 5.60 Å². The molecule has 1 heterocycles. The molecule has 0 unspecified atom stereocenters. The van der Waals surface area contributed by atoms with Crippen molar-refractivity contribution in [1.29, 1.82) is 0 Å². The van der Waals surface area contributed by atoms with Crippen LogP contribution in [0.25, 0.3) is 0 Å². The zero-order valence-electron chi connectivity index (χ0n) is 13.0. The van der Waals surface area contributed by atoms with E-state index in [1.807, 2.05) is 18.2 Å². The number of nitrogens with two attached hydrogens (primary N) is 1. The zero-order chi connectivity index (χ0) is 15.6. The quantitative estimate of drug-likeness (QED) is 0.856. The number of nitrogens with zero attached hydrogens (tertiary/aromatic N) is 2. The Kier molecular flexibility index (Phi) is 3.88. The van der Waals surface area contributed by atoms with Crippen molar-refractivity contribution in [2.75, 3.05) is 17.6 Å². The molecule has 1 atom stereocenters. The number of rotatable bonds is 6. The van der Waals surface area contributed by atoms with Crippen molar-refractivity contribution in [3.8, 4) is 5.88 Å². The third-order valence-electron chi connectivity index (χ3n) is 4.09. The lowest BCUT2D eigenvalue weighted by Gasteiger charge is -2.17. The average molecular weight is 298 g/mol. The average Bonchev–Trinajstić information content (AvgIpc) is 3.26. The van der Waals surface area contributed by atoms with Crippen LogP contribution >= 0.6 is 0 Å². The normalized spacial score (nSPS) is 16.8. The SMILES string of the molecule is C[C@@H](CNc1ncnc(OC2(C)CC2)c1N)c1ccccc1. The first-order valence-electron chi connectivity index (χ1n) is 7.66. The highest BCUT2D eigenvalue weighted by atomic mass is 16.5. The second-order valence-corrected chi connectivity index (χ2v) is 6.19. The molecule has 0 spiro atoms. The minimum atomic E-state index is -0.100. The second-order valence-electron chi connectivity index (χ2n) is 6.19. The molecule has 1 aromatic carbocycles. The molecular weight excluding hydrogens is 276 g/mol. The number of hydrogen-bond donors (Lipinski definition) is 2. The van der Waals surface area contributed by atoms with Crippen LogP contribution in [-0.4, -0.2) is 22.1 Å². The first kappa shape index (κ1) is 14.6. The fraction of sp³-hybridized carbons (Fsp3) is 0.412. The van der Waals surface area contributed by atoms with Crippen molar-refractivity contribution < 1.29 is 4.74 Å². The molecule has 0 bridgehead atoms. The van der Waals surface area contributed by atoms with Crippen LogP contribution in [0.15, 0.2) is 36.7 Å². The van der Waals surface area contributed by atoms with Crippen LogP contribution < -0.4 is 15.8 Å². The molecule has 1 aliphatic rings. The summed E-state index contributed by atoms with van der Waals surface area (Å²) in [5.41, 5.74) is 7.79. The van der Waals surface area contributed by atoms with Crippen LogP contribution in [0.3, 0.4) is 0 Å². The van der Waals surface area contributed by atoms with Crippen molar-refractivity contribution in [3.63, 3.8) is 0 Å². The Balaban J connectivity index is 1.66. The van der Waals surface area contributed by atoms with Crippen molar-refractivity contribution in [2.24, 2.45) is 0 Å². The highest BCUT2D eigenvalue weighted by Gasteiger charge is 2.41. The maximum Gasteiger partial charge on any atom is 0.243 e. The van der Waals surface area contributed by atoms with E-state index in [4.69, 9.17) is 10.5 Å². The summed E-state index contributed by atoms with van der Waals surface area (Å²) in [6.45, 7) is 4.99. The largest absolute Gasteiger partial charge is 0.470 e. The number of ether oxygens (including phenoxy) is 1. The number of nitrogen functional groups attached to an aromatic ring is 1. The minimum Gasteiger partial charge on any atom is -0.470 e. The molecule has 0 aliphatic heterocycles. The fourth-order valence-electron chi connectivity index (χ4n) is 2.26. The summed E-state index contributed by atoms with van der Waals surface area (Å²) in [6.07, 6.45) is 3.58. The third-order valence-corrected chi connectivity index (χ3v) is 4.09. The van der Waals surface area contributed by atoms with Gasteiger partial charge in [-0.1, -0.05) is 37.3 Å². The third kappa shape index (κ3) is 3.30. The molecule has 1 aromatic heterocycles. The molecule has 5 heteroatoms. The lowest BCUT2D eigenvalue weighted by Crippen LogP contribution is -2.17. The van der Waals surface area contributed by atoms with Crippen molar-refractivity contribution >= 4 is 11.5 Å². The summed E-state index contributed by atoms with van der Waals surface area (Å²) < 4.78 is 5.86. The van der Waals surface area contributed by atoms with Crippen molar-refractivity contribution in [2.45, 2.75) is 38.2 Å². The standard InChI is InChI=1S/C17H22N4O/c1-12(13-6-4-3-5-7-13)10-19-15-14(18)16(21-11-20-15)22-17(2)8-9-17/h3-7,11-12H,8-10,18H2,1-2H3,(H,19,20,21)/t12-/m0/s1. The van der Waals surface area contributed by atoms with E-state index < -0.39 is 0 Å². The topological polar surface area (TPSA) is 73.1 Å². The number of aromatic nitrogens is 2. The molecule has 0 radical (unpaired) electrons. The van der Waals surface area contributed by atoms with Gasteiger partial charge < -0.3 is 15.8 Å². The minimum absolute atomic E-state index is 0.100. The summed E-state index contributed by atoms with van der Waals surface area (Å²) in [4.78, 5) is 8.38. The lowest BCUT2D eigenvalue weighted by molar-refractivity contribution is 0.193. The maximum absolute atomic E-state index is 6.13. The van der Waals surface area contributed by atoms with Gasteiger partial charge in [0.1, 0.15) is 17.6 Å². The van der Waals surface area contributed by atoms with E-state index >= 15 is 0 Å². The van der Waals surface area contributed by atoms with E-state index in [0.717, 1.165) is 19.4 Å². The molecule has 0 saturated heterocycles. The monoisotopic (exact) mass is 298 g/mol. The van der Waals surface area contributed by atoms with Crippen LogP contribution in [0.2, 0.25) is 0 Å². The van der Waals surface area contributed by atoms with Gasteiger partial charge in [0.2, 0.25) is 5.88 Å². The summed E-state index contributed by atoms with van der Waals surface area (Å²) in [7, 11) is 0. The van der Waals surface area contributed by atoms with E-state index in [2.05, 4.69) is 41.3 Å². The van der Waals surface area contributed by atoms with Gasteiger partial charge in [0, 0.05) is 6.54 Å². The van der Waals surface area contributed by atoms with E-state index in [1.54, 1.807) is 0 Å². The second kappa shape index (κ2) is 5.83. The van der Waals surface area contributed by atoms with Crippen LogP contribution in [0.5, 0.6) is 5.88 Å². The smallest absolute Gasteiger partial charge is 0.243 e. The van der Waals surface area contributed by atoms with Gasteiger partial charge in [-0.3, -0.25) is 0 Å². The number of anilines is 2. The van der Waals surface area contributed by atoms with Gasteiger partial charge in [-0.25, -0.2) is 4.98 Å². The summed E-state index contributed by atoms with van der Waals surface area (Å²) in [5, 5.41) is 3.30. The number of benzene rings is 1. The Morgan fingerprint density at radius 1 is 1.27 bits per heavy atom. The first-order valence-corrected chi connectivity index (χ1v) is 7.66. The Morgan fingerprint density at radius 2 is 2.00 bits per heavy atom. The number of hydrogen-bond acceptors (Lipinski definition) is 5. The van der Waals surface area contributed by atoms with Gasteiger partial charge in [0.15, 0.2) is 5.82 Å². The van der Waals surface area contributed by atoms with Crippen molar-refractivity contribution in [1.82, 2.24) is 9.97 Å². The van der Waals surface area contributed by atoms with Crippen molar-refractivity contribution in [3.05, 3.63) is 42.2 Å². The first-order chi connectivity index (χ1) is 10.6. The highest BCUT2D eigenvalue weighted by molar-refractivity contribution is 5.66. The summed E-state index contributed by atoms with van der Waals surface area (Å²) >= 11 is 0. The highest BCUT2D eigenvalue weighted by Crippen LogP contribution is 2.41. The molecule has 1 aliphatic carbocycles. The molecule has 0 amide bonds. The summed E-state index contributed by atoms with van der Waals surface area (Å²) in [5.74, 6) is 1.47. The number of nitrogens with one attached hydrogen (secondary N) is 1. The molecule has 1 saturated carbocycles. The Bertz CT molecular complexity index is 640. The molecule has 3 rings (SSSR count). The van der Waals surface area contributed by atoms with Gasteiger partial charge in [0.05, 0.1) is 0 Å². The molecule has 2 aromatic rings. The zero-order valence-corrected chi connectivity index (χ0v) is 13.0. The molecule has 5 nitrogen and oxygen atoms in total. The van der Waals surface area contributed by atoms with Crippen LogP contribution in [-0.2, 0) is 0 Å². The Morgan fingerprint density at radius 3 is 2.68 bits per heavy atom. The predicted octanol–water partition coefficient (Wildman–Crippen LogP) is 3.21. The molecule has 1 fully saturated rings. The Hall–Kier alpha value is -2.30. The van der Waals surface area contributed by atoms with Crippen LogP contribution in [0.1, 0.15) is 38.2 Å². The molecule has 3 N–H and O–H groups in total. The summed E-state index contributed by atoms with van der Waals surface area (Å²) in [6, 6.07) is 10.4. The molecule has 116 valence electrons. The maximum atomic E-state index is 6.13. The Labute approximate surface area is 130 Å². The van der Waals surface area contributed by atoms with Gasteiger partial charge in [0.25, 0.3) is 0 Å². The fourth-order valence-corrected chi connectivity index (χ4v) is 2.26. The molecule has 22 heavy (non-hydrogen) atoms. The van der Waals surface area contributed by atoms with Crippen LogP contribution in [0, 0.1) is 0 Å². The van der Waals surface area contributed by atoms with Gasteiger partial charge in [-0.2, -0.15) is 4.98 Å². The van der Waals surface area contributed by atoms with E-state index in [1.165, 1.54) is 11.9 Å². The van der Waals surface area contributed by atoms with E-state index in [0.29, 0.717) is 23.3 Å². The molecular formula is C17H22N4O. The van der Waals surface area contributed by atoms with E-state index in [9.17, 15) is 0 Å². The lowest BCUT2D eigenvalue weighted by atomic mass is 10.0. The van der Waals surface area contributed by atoms with Gasteiger partial charge in [-0.15, -0.1) is 0 Å². The van der Waals surface area contributed by atoms with Gasteiger partial charge in [-0.05, 0) is 31.2 Å². The predicted molar refractivity (Wildman–Crippen MR) is 88.1 cm³/mol. The van der Waals surface area contributed by atoms with Gasteiger partial charge >= 0.3 is 0 Å². The van der Waals surface area contributed by atoms with Crippen LogP contribution in [0.4, 0.5) is 11.5 Å².